The minimum atomic E-state index is 0.655. The van der Waals surface area contributed by atoms with E-state index >= 15 is 0 Å². The van der Waals surface area contributed by atoms with Gasteiger partial charge in [-0.25, -0.2) is 4.98 Å². The Hall–Kier alpha value is -2.29. The zero-order chi connectivity index (χ0) is 19.6. The third kappa shape index (κ3) is 6.70. The number of hydrogen-bond acceptors (Lipinski definition) is 8. The summed E-state index contributed by atoms with van der Waals surface area (Å²) in [7, 11) is 4.16. The highest BCUT2D eigenvalue weighted by Crippen LogP contribution is 2.20. The van der Waals surface area contributed by atoms with Crippen LogP contribution < -0.4 is 10.6 Å². The molecule has 0 unspecified atom stereocenters. The van der Waals surface area contributed by atoms with Gasteiger partial charge in [-0.1, -0.05) is 0 Å². The van der Waals surface area contributed by atoms with Crippen LogP contribution in [0.4, 0.5) is 11.8 Å². The third-order valence-electron chi connectivity index (χ3n) is 4.61. The summed E-state index contributed by atoms with van der Waals surface area (Å²) in [5.41, 5.74) is 1.92. The number of morpholine rings is 1. The van der Waals surface area contributed by atoms with Crippen LogP contribution in [0.1, 0.15) is 6.42 Å². The molecule has 8 nitrogen and oxygen atoms in total. The van der Waals surface area contributed by atoms with E-state index in [9.17, 15) is 0 Å². The molecule has 3 rings (SSSR count). The smallest absolute Gasteiger partial charge is 0.225 e. The summed E-state index contributed by atoms with van der Waals surface area (Å²) < 4.78 is 5.41. The average Bonchev–Trinajstić information content (AvgIpc) is 2.72. The fraction of sp³-hybridized carbons (Fsp3) is 0.550. The number of nitrogens with zero attached hydrogens (tertiary/aromatic N) is 5. The van der Waals surface area contributed by atoms with Crippen LogP contribution in [-0.4, -0.2) is 91.3 Å². The molecular weight excluding hydrogens is 354 g/mol. The van der Waals surface area contributed by atoms with Crippen molar-refractivity contribution in [3.63, 3.8) is 0 Å². The first-order valence-corrected chi connectivity index (χ1v) is 9.93. The van der Waals surface area contributed by atoms with Gasteiger partial charge in [0.25, 0.3) is 0 Å². The first kappa shape index (κ1) is 20.4. The van der Waals surface area contributed by atoms with E-state index in [1.165, 1.54) is 0 Å². The molecule has 2 N–H and O–H groups in total. The van der Waals surface area contributed by atoms with Gasteiger partial charge in [0.2, 0.25) is 5.95 Å². The van der Waals surface area contributed by atoms with E-state index in [-0.39, 0.29) is 0 Å². The van der Waals surface area contributed by atoms with Crippen molar-refractivity contribution in [2.45, 2.75) is 6.42 Å². The number of rotatable bonds is 10. The third-order valence-corrected chi connectivity index (χ3v) is 4.61. The first-order chi connectivity index (χ1) is 13.7. The number of pyridine rings is 1. The second kappa shape index (κ2) is 10.9. The van der Waals surface area contributed by atoms with Crippen molar-refractivity contribution >= 4 is 11.8 Å². The molecule has 0 amide bonds. The molecule has 1 fully saturated rings. The molecule has 0 aliphatic carbocycles. The highest BCUT2D eigenvalue weighted by molar-refractivity contribution is 5.63. The highest BCUT2D eigenvalue weighted by Gasteiger charge is 2.11. The van der Waals surface area contributed by atoms with E-state index in [1.54, 1.807) is 12.4 Å². The standard InChI is InChI=1S/C20H31N7O/c1-26(2)10-3-6-23-20-24-18(17-4-7-21-8-5-17)16-19(25-20)22-9-11-27-12-14-28-15-13-27/h4-5,7-8,16H,3,6,9-15H2,1-2H3,(H2,22,23,24,25). The lowest BCUT2D eigenvalue weighted by Crippen LogP contribution is -2.39. The summed E-state index contributed by atoms with van der Waals surface area (Å²) in [6.07, 6.45) is 4.61. The topological polar surface area (TPSA) is 78.4 Å². The van der Waals surface area contributed by atoms with Crippen LogP contribution >= 0.6 is 0 Å². The maximum absolute atomic E-state index is 5.41. The summed E-state index contributed by atoms with van der Waals surface area (Å²) in [5.74, 6) is 1.49. The molecule has 0 radical (unpaired) electrons. The van der Waals surface area contributed by atoms with E-state index in [0.29, 0.717) is 5.95 Å². The maximum Gasteiger partial charge on any atom is 0.225 e. The van der Waals surface area contributed by atoms with Crippen LogP contribution in [-0.2, 0) is 4.74 Å². The molecule has 0 atom stereocenters. The van der Waals surface area contributed by atoms with Crippen molar-refractivity contribution in [1.82, 2.24) is 24.8 Å². The Morgan fingerprint density at radius 3 is 2.61 bits per heavy atom. The van der Waals surface area contributed by atoms with Crippen molar-refractivity contribution in [3.05, 3.63) is 30.6 Å². The van der Waals surface area contributed by atoms with Gasteiger partial charge < -0.3 is 20.3 Å². The van der Waals surface area contributed by atoms with Gasteiger partial charge in [0.15, 0.2) is 0 Å². The summed E-state index contributed by atoms with van der Waals surface area (Å²) in [6.45, 7) is 7.31. The van der Waals surface area contributed by atoms with E-state index in [1.807, 2.05) is 18.2 Å². The van der Waals surface area contributed by atoms with Crippen LogP contribution in [0.15, 0.2) is 30.6 Å². The second-order valence-electron chi connectivity index (χ2n) is 7.16. The molecule has 28 heavy (non-hydrogen) atoms. The van der Waals surface area contributed by atoms with E-state index in [2.05, 4.69) is 49.5 Å². The van der Waals surface area contributed by atoms with Gasteiger partial charge in [-0.3, -0.25) is 9.88 Å². The van der Waals surface area contributed by atoms with Gasteiger partial charge in [0.1, 0.15) is 5.82 Å². The van der Waals surface area contributed by atoms with Gasteiger partial charge in [-0.15, -0.1) is 0 Å². The van der Waals surface area contributed by atoms with Gasteiger partial charge in [-0.05, 0) is 39.2 Å². The number of aromatic nitrogens is 3. The summed E-state index contributed by atoms with van der Waals surface area (Å²) in [6, 6.07) is 5.94. The van der Waals surface area contributed by atoms with Gasteiger partial charge in [-0.2, -0.15) is 4.98 Å². The van der Waals surface area contributed by atoms with Crippen molar-refractivity contribution in [3.8, 4) is 11.3 Å². The predicted octanol–water partition coefficient (Wildman–Crippen LogP) is 1.65. The molecule has 3 heterocycles. The van der Waals surface area contributed by atoms with E-state index < -0.39 is 0 Å². The zero-order valence-corrected chi connectivity index (χ0v) is 16.9. The van der Waals surface area contributed by atoms with Crippen molar-refractivity contribution < 1.29 is 4.74 Å². The summed E-state index contributed by atoms with van der Waals surface area (Å²) in [5, 5.41) is 6.81. The molecule has 1 saturated heterocycles. The molecule has 0 bridgehead atoms. The van der Waals surface area contributed by atoms with E-state index in [0.717, 1.165) is 76.0 Å². The molecule has 8 heteroatoms. The molecule has 0 aromatic carbocycles. The molecule has 2 aromatic rings. The number of nitrogens with one attached hydrogen (secondary N) is 2. The zero-order valence-electron chi connectivity index (χ0n) is 16.9. The summed E-state index contributed by atoms with van der Waals surface area (Å²) >= 11 is 0. The fourth-order valence-electron chi connectivity index (χ4n) is 3.05. The first-order valence-electron chi connectivity index (χ1n) is 9.93. The molecule has 0 saturated carbocycles. The van der Waals surface area contributed by atoms with Crippen LogP contribution in [0.2, 0.25) is 0 Å². The van der Waals surface area contributed by atoms with E-state index in [4.69, 9.17) is 4.74 Å². The van der Waals surface area contributed by atoms with Crippen molar-refractivity contribution in [1.29, 1.82) is 0 Å². The van der Waals surface area contributed by atoms with Gasteiger partial charge >= 0.3 is 0 Å². The Morgan fingerprint density at radius 2 is 1.86 bits per heavy atom. The Balaban J connectivity index is 1.64. The summed E-state index contributed by atoms with van der Waals surface area (Å²) in [4.78, 5) is 18.0. The Labute approximate surface area is 167 Å². The monoisotopic (exact) mass is 385 g/mol. The minimum Gasteiger partial charge on any atom is -0.379 e. The molecule has 1 aliphatic rings. The normalized spacial score (nSPS) is 15.0. The average molecular weight is 386 g/mol. The second-order valence-corrected chi connectivity index (χ2v) is 7.16. The van der Waals surface area contributed by atoms with Crippen LogP contribution in [0.5, 0.6) is 0 Å². The van der Waals surface area contributed by atoms with Crippen molar-refractivity contribution in [2.24, 2.45) is 0 Å². The lowest BCUT2D eigenvalue weighted by molar-refractivity contribution is 0.0398. The Bertz CT molecular complexity index is 705. The molecule has 152 valence electrons. The number of ether oxygens (including phenoxy) is 1. The fourth-order valence-corrected chi connectivity index (χ4v) is 3.05. The quantitative estimate of drug-likeness (QED) is 0.598. The Morgan fingerprint density at radius 1 is 1.07 bits per heavy atom. The predicted molar refractivity (Wildman–Crippen MR) is 113 cm³/mol. The van der Waals surface area contributed by atoms with Gasteiger partial charge in [0, 0.05) is 56.7 Å². The number of anilines is 2. The molecule has 0 spiro atoms. The lowest BCUT2D eigenvalue weighted by atomic mass is 10.2. The highest BCUT2D eigenvalue weighted by atomic mass is 16.5. The molecule has 1 aliphatic heterocycles. The SMILES string of the molecule is CN(C)CCCNc1nc(NCCN2CCOCC2)cc(-c2ccncc2)n1. The largest absolute Gasteiger partial charge is 0.379 e. The van der Waals surface area contributed by atoms with Gasteiger partial charge in [0.05, 0.1) is 18.9 Å². The van der Waals surface area contributed by atoms with Crippen molar-refractivity contribution in [2.75, 3.05) is 77.2 Å². The minimum absolute atomic E-state index is 0.655. The van der Waals surface area contributed by atoms with Crippen LogP contribution in [0.3, 0.4) is 0 Å². The Kier molecular flexibility index (Phi) is 7.95. The molecule has 2 aromatic heterocycles. The lowest BCUT2D eigenvalue weighted by Gasteiger charge is -2.26. The molecular formula is C20H31N7O. The maximum atomic E-state index is 5.41. The van der Waals surface area contributed by atoms with Crippen LogP contribution in [0, 0.1) is 0 Å². The van der Waals surface area contributed by atoms with Crippen LogP contribution in [0.25, 0.3) is 11.3 Å². The number of hydrogen-bond donors (Lipinski definition) is 2.